The highest BCUT2D eigenvalue weighted by atomic mass is 32.2. The first-order valence-corrected chi connectivity index (χ1v) is 13.8. The number of imidazole rings is 1. The number of rotatable bonds is 12. The second kappa shape index (κ2) is 12.2. The van der Waals surface area contributed by atoms with E-state index < -0.39 is 70.8 Å². The Morgan fingerprint density at radius 1 is 1.07 bits per heavy atom. The van der Waals surface area contributed by atoms with Crippen LogP contribution in [0.3, 0.4) is 0 Å². The lowest BCUT2D eigenvalue weighted by Crippen LogP contribution is -2.48. The van der Waals surface area contributed by atoms with Crippen molar-refractivity contribution < 1.29 is 27.9 Å². The summed E-state index contributed by atoms with van der Waals surface area (Å²) in [6.45, 7) is 4.52. The van der Waals surface area contributed by atoms with Crippen molar-refractivity contribution in [1.82, 2.24) is 15.3 Å². The smallest absolute Gasteiger partial charge is 0.295 e. The summed E-state index contributed by atoms with van der Waals surface area (Å²) in [7, 11) is -3.80. The molecule has 2 N–H and O–H groups in total. The molecule has 2 unspecified atom stereocenters. The predicted molar refractivity (Wildman–Crippen MR) is 144 cm³/mol. The van der Waals surface area contributed by atoms with Gasteiger partial charge < -0.3 is 10.3 Å². The Hall–Kier alpha value is -4.46. The SMILES string of the molecule is CC(C)(C)S(=O)(=O)CC(Cc1ccccc1)C(=O)NC(Cc1c[nH]cn1)C(=O)c1c([N+](=O)[O-])[c]ccc1[N+](=O)[O-]. The van der Waals surface area contributed by atoms with E-state index >= 15 is 0 Å². The summed E-state index contributed by atoms with van der Waals surface area (Å²) >= 11 is 0. The minimum Gasteiger partial charge on any atom is -0.351 e. The molecular weight excluding hydrogens is 542 g/mol. The number of nitrogens with zero attached hydrogens (tertiary/aromatic N) is 3. The van der Waals surface area contributed by atoms with Crippen LogP contribution in [0.1, 0.15) is 42.4 Å². The maximum atomic E-state index is 13.7. The van der Waals surface area contributed by atoms with Crippen molar-refractivity contribution in [1.29, 1.82) is 0 Å². The maximum Gasteiger partial charge on any atom is 0.295 e. The molecule has 0 aliphatic rings. The molecule has 14 heteroatoms. The van der Waals surface area contributed by atoms with Gasteiger partial charge >= 0.3 is 0 Å². The first kappa shape index (κ1) is 30.1. The van der Waals surface area contributed by atoms with Gasteiger partial charge in [-0.2, -0.15) is 0 Å². The van der Waals surface area contributed by atoms with Crippen molar-refractivity contribution in [3.05, 3.63) is 98.1 Å². The highest BCUT2D eigenvalue weighted by molar-refractivity contribution is 7.92. The number of H-pyrrole nitrogens is 1. The van der Waals surface area contributed by atoms with E-state index in [9.17, 15) is 38.2 Å². The fourth-order valence-electron chi connectivity index (χ4n) is 3.94. The van der Waals surface area contributed by atoms with E-state index in [0.717, 1.165) is 12.1 Å². The Morgan fingerprint density at radius 3 is 2.30 bits per heavy atom. The van der Waals surface area contributed by atoms with E-state index in [1.807, 2.05) is 0 Å². The standard InChI is InChI=1S/C26H28N5O8S/c1-26(2,3)40(38,39)15-18(12-17-8-5-4-6-9-17)25(33)29-20(13-19-14-27-16-28-19)24(32)23-21(30(34)35)10-7-11-22(23)31(36)37/h4-10,14,16,18,20H,12-13,15H2,1-3H3,(H,27,28)(H,29,33). The second-order valence-corrected chi connectivity index (χ2v) is 12.9. The van der Waals surface area contributed by atoms with E-state index in [-0.39, 0.29) is 18.5 Å². The lowest BCUT2D eigenvalue weighted by atomic mass is 9.95. The Morgan fingerprint density at radius 2 is 1.75 bits per heavy atom. The number of nitro benzene ring substituents is 2. The van der Waals surface area contributed by atoms with Crippen LogP contribution in [0, 0.1) is 32.2 Å². The molecule has 1 radical (unpaired) electrons. The first-order valence-electron chi connectivity index (χ1n) is 12.1. The molecule has 0 fully saturated rings. The fraction of sp³-hybridized carbons (Fsp3) is 0.346. The van der Waals surface area contributed by atoms with Crippen LogP contribution in [0.2, 0.25) is 0 Å². The number of sulfone groups is 1. The van der Waals surface area contributed by atoms with E-state index in [1.165, 1.54) is 33.3 Å². The van der Waals surface area contributed by atoms with Crippen LogP contribution in [-0.2, 0) is 27.5 Å². The summed E-state index contributed by atoms with van der Waals surface area (Å²) in [5, 5.41) is 25.8. The molecule has 13 nitrogen and oxygen atoms in total. The molecule has 0 saturated carbocycles. The number of Topliss-reactive ketones (excluding diaryl/α,β-unsaturated/α-hetero) is 1. The first-order chi connectivity index (χ1) is 18.7. The van der Waals surface area contributed by atoms with Gasteiger partial charge in [0.2, 0.25) is 5.91 Å². The van der Waals surface area contributed by atoms with Gasteiger partial charge in [0, 0.05) is 18.7 Å². The van der Waals surface area contributed by atoms with Crippen LogP contribution in [-0.4, -0.2) is 56.5 Å². The summed E-state index contributed by atoms with van der Waals surface area (Å²) in [4.78, 5) is 55.5. The van der Waals surface area contributed by atoms with E-state index in [4.69, 9.17) is 0 Å². The van der Waals surface area contributed by atoms with Gasteiger partial charge in [-0.25, -0.2) is 13.4 Å². The third kappa shape index (κ3) is 7.14. The normalized spacial score (nSPS) is 13.3. The van der Waals surface area contributed by atoms with Gasteiger partial charge in [0.1, 0.15) is 0 Å². The van der Waals surface area contributed by atoms with Gasteiger partial charge in [0.05, 0.1) is 50.4 Å². The minimum absolute atomic E-state index is 0.0186. The third-order valence-electron chi connectivity index (χ3n) is 6.23. The quantitative estimate of drug-likeness (QED) is 0.187. The number of carbonyl (C=O) groups is 2. The molecule has 0 aliphatic carbocycles. The molecule has 2 aromatic carbocycles. The summed E-state index contributed by atoms with van der Waals surface area (Å²) < 4.78 is 25.0. The monoisotopic (exact) mass is 570 g/mol. The van der Waals surface area contributed by atoms with Gasteiger partial charge in [-0.05, 0) is 38.8 Å². The Bertz CT molecular complexity index is 1470. The molecule has 1 aromatic heterocycles. The Labute approximate surface area is 230 Å². The molecule has 211 valence electrons. The number of aromatic amines is 1. The van der Waals surface area contributed by atoms with Crippen molar-refractivity contribution >= 4 is 32.9 Å². The number of hydrogen-bond acceptors (Lipinski definition) is 9. The largest absolute Gasteiger partial charge is 0.351 e. The number of carbonyl (C=O) groups excluding carboxylic acids is 2. The minimum atomic E-state index is -3.80. The van der Waals surface area contributed by atoms with Crippen molar-refractivity contribution in [2.45, 2.75) is 44.4 Å². The zero-order valence-corrected chi connectivity index (χ0v) is 22.8. The van der Waals surface area contributed by atoms with E-state index in [0.29, 0.717) is 5.56 Å². The van der Waals surface area contributed by atoms with Crippen molar-refractivity contribution in [2.75, 3.05) is 5.75 Å². The molecule has 0 aliphatic heterocycles. The molecule has 1 amide bonds. The molecule has 3 aromatic rings. The summed E-state index contributed by atoms with van der Waals surface area (Å²) in [6, 6.07) is 11.2. The van der Waals surface area contributed by atoms with Crippen LogP contribution in [0.25, 0.3) is 0 Å². The number of nitro groups is 2. The molecule has 40 heavy (non-hydrogen) atoms. The number of aromatic nitrogens is 2. The number of ketones is 1. The van der Waals surface area contributed by atoms with Crippen molar-refractivity contribution in [3.63, 3.8) is 0 Å². The predicted octanol–water partition coefficient (Wildman–Crippen LogP) is 3.01. The lowest BCUT2D eigenvalue weighted by molar-refractivity contribution is -0.394. The molecule has 1 heterocycles. The fourth-order valence-corrected chi connectivity index (χ4v) is 5.24. The van der Waals surface area contributed by atoms with Gasteiger partial charge in [-0.1, -0.05) is 30.3 Å². The van der Waals surface area contributed by atoms with E-state index in [1.54, 1.807) is 30.3 Å². The van der Waals surface area contributed by atoms with Crippen LogP contribution in [0.4, 0.5) is 11.4 Å². The average molecular weight is 571 g/mol. The lowest BCUT2D eigenvalue weighted by Gasteiger charge is -2.25. The third-order valence-corrected chi connectivity index (χ3v) is 8.94. The van der Waals surface area contributed by atoms with Crippen LogP contribution in [0.5, 0.6) is 0 Å². The second-order valence-electron chi connectivity index (χ2n) is 10.1. The summed E-state index contributed by atoms with van der Waals surface area (Å²) in [6.07, 6.45) is 2.48. The van der Waals surface area contributed by atoms with Crippen LogP contribution < -0.4 is 5.32 Å². The van der Waals surface area contributed by atoms with Gasteiger partial charge in [-0.15, -0.1) is 0 Å². The molecule has 3 rings (SSSR count). The van der Waals surface area contributed by atoms with Crippen molar-refractivity contribution in [3.8, 4) is 0 Å². The Balaban J connectivity index is 2.05. The van der Waals surface area contributed by atoms with Gasteiger partial charge in [0.25, 0.3) is 11.4 Å². The number of nitrogens with one attached hydrogen (secondary N) is 2. The highest BCUT2D eigenvalue weighted by Crippen LogP contribution is 2.30. The molecule has 0 bridgehead atoms. The molecule has 2 atom stereocenters. The number of benzene rings is 2. The van der Waals surface area contributed by atoms with Crippen LogP contribution in [0.15, 0.2) is 55.0 Å². The Kier molecular flexibility index (Phi) is 9.14. The number of amides is 1. The van der Waals surface area contributed by atoms with Crippen LogP contribution >= 0.6 is 0 Å². The maximum absolute atomic E-state index is 13.7. The molecular formula is C26H28N5O8S. The van der Waals surface area contributed by atoms with Gasteiger partial charge in [0.15, 0.2) is 21.2 Å². The highest BCUT2D eigenvalue weighted by Gasteiger charge is 2.39. The van der Waals surface area contributed by atoms with Crippen molar-refractivity contribution in [2.24, 2.45) is 5.92 Å². The summed E-state index contributed by atoms with van der Waals surface area (Å²) in [5.41, 5.74) is -1.62. The summed E-state index contributed by atoms with van der Waals surface area (Å²) in [5.74, 6) is -3.60. The van der Waals surface area contributed by atoms with E-state index in [2.05, 4.69) is 21.4 Å². The number of hydrogen-bond donors (Lipinski definition) is 2. The molecule has 0 spiro atoms. The van der Waals surface area contributed by atoms with Gasteiger partial charge in [-0.3, -0.25) is 29.8 Å². The zero-order valence-electron chi connectivity index (χ0n) is 22.0. The zero-order chi connectivity index (χ0) is 29.7. The molecule has 0 saturated heterocycles. The topological polar surface area (TPSA) is 195 Å². The average Bonchev–Trinajstić information content (AvgIpc) is 3.40.